The Labute approximate surface area is 115 Å². The smallest absolute Gasteiger partial charge is 0.222 e. The van der Waals surface area contributed by atoms with E-state index in [1.807, 2.05) is 33.2 Å². The van der Waals surface area contributed by atoms with Crippen molar-refractivity contribution in [3.63, 3.8) is 0 Å². The zero-order valence-corrected chi connectivity index (χ0v) is 12.2. The molecule has 0 radical (unpaired) electrons. The van der Waals surface area contributed by atoms with Crippen molar-refractivity contribution in [3.05, 3.63) is 18.0 Å². The van der Waals surface area contributed by atoms with Crippen LogP contribution in [-0.2, 0) is 18.3 Å². The highest BCUT2D eigenvalue weighted by molar-refractivity contribution is 5.78. The van der Waals surface area contributed by atoms with Crippen LogP contribution in [0.5, 0.6) is 0 Å². The van der Waals surface area contributed by atoms with Crippen LogP contribution >= 0.6 is 0 Å². The Morgan fingerprint density at radius 1 is 1.47 bits per heavy atom. The van der Waals surface area contributed by atoms with Gasteiger partial charge in [0.2, 0.25) is 5.91 Å². The predicted octanol–water partition coefficient (Wildman–Crippen LogP) is 1.23. The van der Waals surface area contributed by atoms with Crippen molar-refractivity contribution in [1.29, 1.82) is 0 Å². The summed E-state index contributed by atoms with van der Waals surface area (Å²) in [5, 5.41) is 7.23. The second-order valence-electron chi connectivity index (χ2n) is 5.33. The fraction of sp³-hybridized carbons (Fsp3) is 0.714. The molecule has 0 spiro atoms. The Morgan fingerprint density at radius 3 is 2.79 bits per heavy atom. The van der Waals surface area contributed by atoms with Gasteiger partial charge in [0.15, 0.2) is 0 Å². The molecule has 2 atom stereocenters. The molecule has 0 saturated heterocycles. The van der Waals surface area contributed by atoms with Crippen molar-refractivity contribution in [2.24, 2.45) is 18.7 Å². The molecule has 2 unspecified atom stereocenters. The zero-order chi connectivity index (χ0) is 14.3. The average Bonchev–Trinajstić information content (AvgIpc) is 2.74. The van der Waals surface area contributed by atoms with E-state index in [0.717, 1.165) is 31.4 Å². The molecule has 1 rings (SSSR count). The van der Waals surface area contributed by atoms with Crippen molar-refractivity contribution in [1.82, 2.24) is 15.1 Å². The predicted molar refractivity (Wildman–Crippen MR) is 76.6 cm³/mol. The Bertz CT molecular complexity index is 387. The summed E-state index contributed by atoms with van der Waals surface area (Å²) in [7, 11) is 1.89. The molecular formula is C14H26N4O. The van der Waals surface area contributed by atoms with Gasteiger partial charge in [0.05, 0.1) is 5.69 Å². The molecule has 108 valence electrons. The Balaban J connectivity index is 2.16. The fourth-order valence-electron chi connectivity index (χ4n) is 1.96. The minimum absolute atomic E-state index is 0.0579. The van der Waals surface area contributed by atoms with Crippen molar-refractivity contribution in [2.45, 2.75) is 45.6 Å². The first-order valence-electron chi connectivity index (χ1n) is 7.01. The van der Waals surface area contributed by atoms with E-state index in [1.54, 1.807) is 4.68 Å². The summed E-state index contributed by atoms with van der Waals surface area (Å²) >= 11 is 0. The zero-order valence-electron chi connectivity index (χ0n) is 12.2. The molecule has 0 aliphatic rings. The Morgan fingerprint density at radius 2 is 2.21 bits per heavy atom. The number of aryl methyl sites for hydroxylation is 1. The molecular weight excluding hydrogens is 240 g/mol. The number of carbonyl (C=O) groups is 1. The minimum Gasteiger partial charge on any atom is -0.355 e. The molecule has 0 aliphatic carbocycles. The van der Waals surface area contributed by atoms with Gasteiger partial charge >= 0.3 is 0 Å². The van der Waals surface area contributed by atoms with E-state index in [0.29, 0.717) is 6.54 Å². The molecule has 0 bridgehead atoms. The van der Waals surface area contributed by atoms with Crippen LogP contribution in [0.2, 0.25) is 0 Å². The summed E-state index contributed by atoms with van der Waals surface area (Å²) in [6.45, 7) is 4.61. The lowest BCUT2D eigenvalue weighted by Crippen LogP contribution is -2.31. The quantitative estimate of drug-likeness (QED) is 0.743. The van der Waals surface area contributed by atoms with Crippen LogP contribution in [0.15, 0.2) is 12.3 Å². The standard InChI is InChI=1S/C14H26N4O/c1-11(5-4-6-12(2)15)14(19)16-9-7-13-8-10-18(3)17-13/h8,10-12H,4-7,9,15H2,1-3H3,(H,16,19). The first-order chi connectivity index (χ1) is 8.99. The maximum Gasteiger partial charge on any atom is 0.222 e. The number of carbonyl (C=O) groups excluding carboxylic acids is 1. The number of rotatable bonds is 8. The van der Waals surface area contributed by atoms with Crippen molar-refractivity contribution in [2.75, 3.05) is 6.54 Å². The molecule has 0 saturated carbocycles. The van der Waals surface area contributed by atoms with Crippen molar-refractivity contribution in [3.8, 4) is 0 Å². The molecule has 19 heavy (non-hydrogen) atoms. The topological polar surface area (TPSA) is 72.9 Å². The average molecular weight is 266 g/mol. The molecule has 1 heterocycles. The molecule has 5 heteroatoms. The van der Waals surface area contributed by atoms with Crippen LogP contribution in [0, 0.1) is 5.92 Å². The molecule has 0 aliphatic heterocycles. The highest BCUT2D eigenvalue weighted by atomic mass is 16.1. The summed E-state index contributed by atoms with van der Waals surface area (Å²) in [6, 6.07) is 2.19. The van der Waals surface area contributed by atoms with Crippen molar-refractivity contribution < 1.29 is 4.79 Å². The van der Waals surface area contributed by atoms with E-state index in [9.17, 15) is 4.79 Å². The van der Waals surface area contributed by atoms with Gasteiger partial charge in [-0.2, -0.15) is 5.10 Å². The van der Waals surface area contributed by atoms with Gasteiger partial charge in [0.1, 0.15) is 0 Å². The number of hydrogen-bond acceptors (Lipinski definition) is 3. The SMILES string of the molecule is CC(N)CCCC(C)C(=O)NCCc1ccn(C)n1. The van der Waals surface area contributed by atoms with Gasteiger partial charge in [0.25, 0.3) is 0 Å². The third-order valence-electron chi connectivity index (χ3n) is 3.19. The highest BCUT2D eigenvalue weighted by Gasteiger charge is 2.12. The van der Waals surface area contributed by atoms with Gasteiger partial charge in [-0.3, -0.25) is 9.48 Å². The lowest BCUT2D eigenvalue weighted by Gasteiger charge is -2.12. The van der Waals surface area contributed by atoms with Gasteiger partial charge in [-0.25, -0.2) is 0 Å². The van der Waals surface area contributed by atoms with E-state index in [4.69, 9.17) is 5.73 Å². The number of nitrogens with two attached hydrogens (primary N) is 1. The lowest BCUT2D eigenvalue weighted by atomic mass is 10.0. The van der Waals surface area contributed by atoms with Crippen LogP contribution in [0.4, 0.5) is 0 Å². The molecule has 3 N–H and O–H groups in total. The monoisotopic (exact) mass is 266 g/mol. The van der Waals surface area contributed by atoms with Gasteiger partial charge in [0, 0.05) is 38.2 Å². The Hall–Kier alpha value is -1.36. The van der Waals surface area contributed by atoms with E-state index in [-0.39, 0.29) is 17.9 Å². The van der Waals surface area contributed by atoms with E-state index in [1.165, 1.54) is 0 Å². The molecule has 1 amide bonds. The van der Waals surface area contributed by atoms with Crippen LogP contribution in [0.25, 0.3) is 0 Å². The van der Waals surface area contributed by atoms with E-state index in [2.05, 4.69) is 10.4 Å². The first kappa shape index (κ1) is 15.7. The second kappa shape index (κ2) is 7.94. The first-order valence-corrected chi connectivity index (χ1v) is 7.01. The maximum absolute atomic E-state index is 11.8. The largest absolute Gasteiger partial charge is 0.355 e. The summed E-state index contributed by atoms with van der Waals surface area (Å²) < 4.78 is 1.77. The number of aromatic nitrogens is 2. The lowest BCUT2D eigenvalue weighted by molar-refractivity contribution is -0.124. The summed E-state index contributed by atoms with van der Waals surface area (Å²) in [5.74, 6) is 0.183. The van der Waals surface area contributed by atoms with Crippen LogP contribution in [0.1, 0.15) is 38.8 Å². The number of hydrogen-bond donors (Lipinski definition) is 2. The summed E-state index contributed by atoms with van der Waals surface area (Å²) in [5.41, 5.74) is 6.70. The Kier molecular flexibility index (Phi) is 6.56. The summed E-state index contributed by atoms with van der Waals surface area (Å²) in [4.78, 5) is 11.8. The molecule has 5 nitrogen and oxygen atoms in total. The van der Waals surface area contributed by atoms with E-state index >= 15 is 0 Å². The van der Waals surface area contributed by atoms with Gasteiger partial charge in [-0.1, -0.05) is 13.3 Å². The second-order valence-corrected chi connectivity index (χ2v) is 5.33. The fourth-order valence-corrected chi connectivity index (χ4v) is 1.96. The molecule has 0 fully saturated rings. The minimum atomic E-state index is 0.0579. The normalized spacial score (nSPS) is 14.1. The van der Waals surface area contributed by atoms with Crippen LogP contribution in [0.3, 0.4) is 0 Å². The van der Waals surface area contributed by atoms with Crippen LogP contribution < -0.4 is 11.1 Å². The third kappa shape index (κ3) is 6.38. The van der Waals surface area contributed by atoms with E-state index < -0.39 is 0 Å². The molecule has 0 aromatic carbocycles. The third-order valence-corrected chi connectivity index (χ3v) is 3.19. The van der Waals surface area contributed by atoms with Gasteiger partial charge in [-0.15, -0.1) is 0 Å². The highest BCUT2D eigenvalue weighted by Crippen LogP contribution is 2.09. The number of nitrogens with one attached hydrogen (secondary N) is 1. The molecule has 1 aromatic rings. The van der Waals surface area contributed by atoms with Gasteiger partial charge < -0.3 is 11.1 Å². The number of amides is 1. The number of nitrogens with zero attached hydrogens (tertiary/aromatic N) is 2. The van der Waals surface area contributed by atoms with Crippen molar-refractivity contribution >= 4 is 5.91 Å². The van der Waals surface area contributed by atoms with Crippen LogP contribution in [-0.4, -0.2) is 28.3 Å². The molecule has 1 aromatic heterocycles. The van der Waals surface area contributed by atoms with Gasteiger partial charge in [-0.05, 0) is 25.8 Å². The summed E-state index contributed by atoms with van der Waals surface area (Å²) in [6.07, 6.45) is 5.57. The maximum atomic E-state index is 11.8.